The van der Waals surface area contributed by atoms with Crippen LogP contribution in [-0.2, 0) is 0 Å². The van der Waals surface area contributed by atoms with Gasteiger partial charge >= 0.3 is 0 Å². The largest absolute Gasteiger partial charge is 0.368 e. The van der Waals surface area contributed by atoms with Gasteiger partial charge in [0.05, 0.1) is 6.04 Å². The fraction of sp³-hybridized carbons (Fsp3) is 0.333. The summed E-state index contributed by atoms with van der Waals surface area (Å²) in [5.74, 6) is 0.962. The lowest BCUT2D eigenvalue weighted by Gasteiger charge is -2.22. The maximum Gasteiger partial charge on any atom is 0.246 e. The number of nitrogen functional groups attached to an aromatic ring is 1. The predicted molar refractivity (Wildman–Crippen MR) is 61.9 cm³/mol. The van der Waals surface area contributed by atoms with Crippen molar-refractivity contribution < 1.29 is 0 Å². The lowest BCUT2D eigenvalue weighted by molar-refractivity contribution is 0.730. The number of aromatic nitrogens is 3. The number of rotatable bonds is 3. The summed E-state index contributed by atoms with van der Waals surface area (Å²) in [5, 5.41) is 8.71. The molecule has 0 spiro atoms. The lowest BCUT2D eigenvalue weighted by atomic mass is 10.2. The molecule has 0 saturated carbocycles. The average Bonchev–Trinajstić information content (AvgIpc) is 2.85. The number of nitrogens with two attached hydrogens (primary N) is 1. The van der Waals surface area contributed by atoms with Crippen molar-refractivity contribution in [1.82, 2.24) is 15.2 Å². The molecule has 2 rings (SSSR count). The number of thiophene rings is 1. The van der Waals surface area contributed by atoms with Crippen molar-refractivity contribution in [3.63, 3.8) is 0 Å². The van der Waals surface area contributed by atoms with Gasteiger partial charge in [0.15, 0.2) is 0 Å². The topological polar surface area (TPSA) is 70.8 Å². The second-order valence-corrected chi connectivity index (χ2v) is 4.30. The third-order valence-corrected chi connectivity index (χ3v) is 3.38. The van der Waals surface area contributed by atoms with E-state index in [1.807, 2.05) is 18.0 Å². The molecule has 0 aliphatic heterocycles. The van der Waals surface area contributed by atoms with Crippen LogP contribution in [0.2, 0.25) is 0 Å². The summed E-state index contributed by atoms with van der Waals surface area (Å²) >= 11 is 1.72. The van der Waals surface area contributed by atoms with Crippen molar-refractivity contribution in [2.75, 3.05) is 17.7 Å². The minimum Gasteiger partial charge on any atom is -0.368 e. The van der Waals surface area contributed by atoms with Gasteiger partial charge in [0.25, 0.3) is 0 Å². The maximum absolute atomic E-state index is 5.48. The van der Waals surface area contributed by atoms with Crippen molar-refractivity contribution in [1.29, 1.82) is 0 Å². The Balaban J connectivity index is 2.18. The highest BCUT2D eigenvalue weighted by atomic mass is 32.1. The zero-order valence-electron chi connectivity index (χ0n) is 8.64. The summed E-state index contributed by atoms with van der Waals surface area (Å²) < 4.78 is 0. The molecule has 0 fully saturated rings. The highest BCUT2D eigenvalue weighted by Crippen LogP contribution is 2.25. The monoisotopic (exact) mass is 223 g/mol. The van der Waals surface area contributed by atoms with Gasteiger partial charge in [-0.15, -0.1) is 16.4 Å². The fourth-order valence-corrected chi connectivity index (χ4v) is 2.14. The molecular formula is C9H13N5S. The van der Waals surface area contributed by atoms with Gasteiger partial charge in [0, 0.05) is 11.9 Å². The molecule has 6 heteroatoms. The molecule has 1 unspecified atom stereocenters. The Labute approximate surface area is 91.9 Å². The van der Waals surface area contributed by atoms with Crippen molar-refractivity contribution in [2.45, 2.75) is 13.0 Å². The second-order valence-electron chi connectivity index (χ2n) is 3.32. The van der Waals surface area contributed by atoms with Crippen molar-refractivity contribution in [3.8, 4) is 0 Å². The molecule has 0 amide bonds. The van der Waals surface area contributed by atoms with E-state index in [2.05, 4.69) is 33.6 Å². The molecule has 0 radical (unpaired) electrons. The van der Waals surface area contributed by atoms with Crippen molar-refractivity contribution in [2.24, 2.45) is 0 Å². The minimum absolute atomic E-state index is 0.250. The summed E-state index contributed by atoms with van der Waals surface area (Å²) in [6.45, 7) is 2.11. The molecule has 5 nitrogen and oxygen atoms in total. The van der Waals surface area contributed by atoms with Crippen LogP contribution in [0.3, 0.4) is 0 Å². The van der Waals surface area contributed by atoms with Gasteiger partial charge in [-0.05, 0) is 18.4 Å². The Hall–Kier alpha value is -1.56. The molecule has 80 valence electrons. The number of anilines is 2. The van der Waals surface area contributed by atoms with E-state index < -0.39 is 0 Å². The van der Waals surface area contributed by atoms with Crippen LogP contribution in [-0.4, -0.2) is 22.2 Å². The van der Waals surface area contributed by atoms with E-state index in [-0.39, 0.29) is 6.04 Å². The highest BCUT2D eigenvalue weighted by molar-refractivity contribution is 7.10. The summed E-state index contributed by atoms with van der Waals surface area (Å²) in [4.78, 5) is 7.35. The average molecular weight is 223 g/mol. The predicted octanol–water partition coefficient (Wildman–Crippen LogP) is 1.65. The third-order valence-electron chi connectivity index (χ3n) is 2.34. The minimum atomic E-state index is 0.250. The summed E-state index contributed by atoms with van der Waals surface area (Å²) in [6.07, 6.45) is 0. The van der Waals surface area contributed by atoms with E-state index in [9.17, 15) is 0 Å². The first kappa shape index (κ1) is 9.97. The number of nitrogens with one attached hydrogen (secondary N) is 1. The van der Waals surface area contributed by atoms with Crippen molar-refractivity contribution >= 4 is 23.2 Å². The first-order valence-electron chi connectivity index (χ1n) is 4.62. The third kappa shape index (κ3) is 1.94. The smallest absolute Gasteiger partial charge is 0.246 e. The quantitative estimate of drug-likeness (QED) is 0.830. The van der Waals surface area contributed by atoms with E-state index in [0.29, 0.717) is 11.9 Å². The lowest BCUT2D eigenvalue weighted by Crippen LogP contribution is -2.22. The van der Waals surface area contributed by atoms with E-state index >= 15 is 0 Å². The van der Waals surface area contributed by atoms with E-state index in [4.69, 9.17) is 5.73 Å². The molecule has 1 atom stereocenters. The molecule has 0 aliphatic carbocycles. The number of aromatic amines is 1. The molecule has 0 saturated heterocycles. The van der Waals surface area contributed by atoms with Gasteiger partial charge in [-0.2, -0.15) is 4.98 Å². The number of H-pyrrole nitrogens is 1. The molecule has 2 aromatic heterocycles. The normalized spacial score (nSPS) is 12.7. The fourth-order valence-electron chi connectivity index (χ4n) is 1.32. The Morgan fingerprint density at radius 3 is 2.93 bits per heavy atom. The van der Waals surface area contributed by atoms with Crippen LogP contribution >= 0.6 is 11.3 Å². The second kappa shape index (κ2) is 3.90. The Kier molecular flexibility index (Phi) is 2.59. The van der Waals surface area contributed by atoms with Crippen LogP contribution in [0.25, 0.3) is 0 Å². The highest BCUT2D eigenvalue weighted by Gasteiger charge is 2.16. The molecule has 3 N–H and O–H groups in total. The molecule has 0 bridgehead atoms. The maximum atomic E-state index is 5.48. The zero-order valence-corrected chi connectivity index (χ0v) is 9.45. The van der Waals surface area contributed by atoms with Gasteiger partial charge in [-0.3, -0.25) is 0 Å². The molecule has 0 aromatic carbocycles. The van der Waals surface area contributed by atoms with Crippen LogP contribution < -0.4 is 10.6 Å². The van der Waals surface area contributed by atoms with Crippen LogP contribution in [0.15, 0.2) is 17.5 Å². The van der Waals surface area contributed by atoms with Crippen molar-refractivity contribution in [3.05, 3.63) is 22.4 Å². The Morgan fingerprint density at radius 1 is 1.60 bits per heavy atom. The molecule has 0 aliphatic rings. The van der Waals surface area contributed by atoms with Gasteiger partial charge in [0.2, 0.25) is 11.9 Å². The molecule has 15 heavy (non-hydrogen) atoms. The molecular weight excluding hydrogens is 210 g/mol. The van der Waals surface area contributed by atoms with E-state index in [0.717, 1.165) is 0 Å². The van der Waals surface area contributed by atoms with Crippen LogP contribution in [0.1, 0.15) is 17.8 Å². The summed E-state index contributed by atoms with van der Waals surface area (Å²) in [7, 11) is 1.95. The van der Waals surface area contributed by atoms with Gasteiger partial charge < -0.3 is 10.6 Å². The Morgan fingerprint density at radius 2 is 2.40 bits per heavy atom. The number of hydrogen-bond donors (Lipinski definition) is 2. The summed E-state index contributed by atoms with van der Waals surface area (Å²) in [5.41, 5.74) is 5.48. The van der Waals surface area contributed by atoms with Crippen LogP contribution in [0.5, 0.6) is 0 Å². The van der Waals surface area contributed by atoms with Gasteiger partial charge in [-0.25, -0.2) is 5.10 Å². The first-order chi connectivity index (χ1) is 7.18. The van der Waals surface area contributed by atoms with Crippen LogP contribution in [0, 0.1) is 0 Å². The van der Waals surface area contributed by atoms with Gasteiger partial charge in [0.1, 0.15) is 0 Å². The number of hydrogen-bond acceptors (Lipinski definition) is 5. The molecule has 2 heterocycles. The SMILES string of the molecule is CC(c1cccs1)N(C)c1n[nH]c(N)n1. The standard InChI is InChI=1S/C9H13N5S/c1-6(7-4-3-5-15-7)14(2)9-11-8(10)12-13-9/h3-6H,1-2H3,(H3,10,11,12,13). The summed E-state index contributed by atoms with van der Waals surface area (Å²) in [6, 6.07) is 4.39. The zero-order chi connectivity index (χ0) is 10.8. The molecule has 2 aromatic rings. The first-order valence-corrected chi connectivity index (χ1v) is 5.50. The van der Waals surface area contributed by atoms with E-state index in [1.54, 1.807) is 11.3 Å². The van der Waals surface area contributed by atoms with Gasteiger partial charge in [-0.1, -0.05) is 6.07 Å². The number of nitrogens with zero attached hydrogens (tertiary/aromatic N) is 3. The Bertz CT molecular complexity index is 421. The van der Waals surface area contributed by atoms with Crippen LogP contribution in [0.4, 0.5) is 11.9 Å². The van der Waals surface area contributed by atoms with E-state index in [1.165, 1.54) is 4.88 Å².